The highest BCUT2D eigenvalue weighted by Gasteiger charge is 2.27. The Kier molecular flexibility index (Phi) is 4.37. The Morgan fingerprint density at radius 1 is 1.48 bits per heavy atom. The Bertz CT molecular complexity index is 701. The lowest BCUT2D eigenvalue weighted by Crippen LogP contribution is -2.44. The van der Waals surface area contributed by atoms with Gasteiger partial charge in [0, 0.05) is 0 Å². The minimum atomic E-state index is -1.10. The molecule has 1 aromatic carbocycles. The fourth-order valence-electron chi connectivity index (χ4n) is 2.87. The number of hydrogen-bond donors (Lipinski definition) is 3. The molecule has 0 radical (unpaired) electrons. The smallest absolute Gasteiger partial charge is 0.315 e. The summed E-state index contributed by atoms with van der Waals surface area (Å²) in [4.78, 5) is 12.1. The molecule has 1 aromatic heterocycles. The number of carbonyl (C=O) groups is 1. The molecule has 6 heteroatoms. The van der Waals surface area contributed by atoms with Gasteiger partial charge in [-0.25, -0.2) is 9.18 Å². The maximum absolute atomic E-state index is 13.2. The first-order chi connectivity index (χ1) is 11.0. The standard InChI is InChI=1S/C17H19FN2O2S/c1-17(22,12-6-7-23-9-12)10-19-16(21)20-15-5-2-11-8-13(18)3-4-14(11)15/h3-4,6-9,15,22H,2,5,10H2,1H3,(H2,19,20,21)/t15-,17+/m1/s1. The number of nitrogens with one attached hydrogen (secondary N) is 2. The van der Waals surface area contributed by atoms with Gasteiger partial charge in [0.1, 0.15) is 11.4 Å². The number of rotatable bonds is 4. The molecule has 0 aliphatic heterocycles. The molecule has 3 rings (SSSR count). The Morgan fingerprint density at radius 2 is 2.30 bits per heavy atom. The summed E-state index contributed by atoms with van der Waals surface area (Å²) < 4.78 is 13.2. The van der Waals surface area contributed by atoms with E-state index in [9.17, 15) is 14.3 Å². The SMILES string of the molecule is C[C@](O)(CNC(=O)N[C@@H]1CCc2cc(F)ccc21)c1ccsc1. The van der Waals surface area contributed by atoms with Crippen molar-refractivity contribution in [1.29, 1.82) is 0 Å². The number of fused-ring (bicyclic) bond motifs is 1. The van der Waals surface area contributed by atoms with Crippen LogP contribution in [0, 0.1) is 5.82 Å². The second-order valence-electron chi connectivity index (χ2n) is 6.05. The van der Waals surface area contributed by atoms with Crippen LogP contribution in [0.2, 0.25) is 0 Å². The number of benzene rings is 1. The summed E-state index contributed by atoms with van der Waals surface area (Å²) in [5.74, 6) is -0.249. The van der Waals surface area contributed by atoms with Gasteiger partial charge >= 0.3 is 6.03 Å². The van der Waals surface area contributed by atoms with Crippen LogP contribution in [0.5, 0.6) is 0 Å². The molecular formula is C17H19FN2O2S. The van der Waals surface area contributed by atoms with Gasteiger partial charge in [-0.15, -0.1) is 0 Å². The van der Waals surface area contributed by atoms with Crippen molar-refractivity contribution in [2.45, 2.75) is 31.4 Å². The summed E-state index contributed by atoms with van der Waals surface area (Å²) in [6, 6.07) is 6.06. The maximum atomic E-state index is 13.2. The lowest BCUT2D eigenvalue weighted by atomic mass is 9.99. The van der Waals surface area contributed by atoms with E-state index < -0.39 is 5.60 Å². The zero-order chi connectivity index (χ0) is 16.4. The normalized spacial score (nSPS) is 19.0. The summed E-state index contributed by atoms with van der Waals surface area (Å²) in [5.41, 5.74) is 1.59. The Balaban J connectivity index is 1.57. The van der Waals surface area contributed by atoms with Gasteiger partial charge in [-0.2, -0.15) is 11.3 Å². The second kappa shape index (κ2) is 6.29. The highest BCUT2D eigenvalue weighted by molar-refractivity contribution is 7.08. The van der Waals surface area contributed by atoms with Gasteiger partial charge in [0.15, 0.2) is 0 Å². The van der Waals surface area contributed by atoms with Gasteiger partial charge in [0.05, 0.1) is 12.6 Å². The largest absolute Gasteiger partial charge is 0.384 e. The Labute approximate surface area is 138 Å². The molecule has 2 amide bonds. The molecule has 23 heavy (non-hydrogen) atoms. The van der Waals surface area contributed by atoms with Crippen molar-refractivity contribution in [2.24, 2.45) is 0 Å². The number of aliphatic hydroxyl groups is 1. The van der Waals surface area contributed by atoms with Crippen LogP contribution in [0.4, 0.5) is 9.18 Å². The van der Waals surface area contributed by atoms with Crippen LogP contribution in [0.3, 0.4) is 0 Å². The highest BCUT2D eigenvalue weighted by Crippen LogP contribution is 2.31. The van der Waals surface area contributed by atoms with Crippen LogP contribution in [-0.4, -0.2) is 17.7 Å². The molecule has 122 valence electrons. The van der Waals surface area contributed by atoms with Crippen molar-refractivity contribution < 1.29 is 14.3 Å². The highest BCUT2D eigenvalue weighted by atomic mass is 32.1. The Morgan fingerprint density at radius 3 is 3.04 bits per heavy atom. The molecule has 0 unspecified atom stereocenters. The summed E-state index contributed by atoms with van der Waals surface area (Å²) >= 11 is 1.50. The van der Waals surface area contributed by atoms with E-state index in [1.54, 1.807) is 13.0 Å². The average molecular weight is 334 g/mol. The maximum Gasteiger partial charge on any atom is 0.315 e. The number of aryl methyl sites for hydroxylation is 1. The predicted octanol–water partition coefficient (Wildman–Crippen LogP) is 3.08. The van der Waals surface area contributed by atoms with Gasteiger partial charge in [-0.05, 0) is 65.4 Å². The van der Waals surface area contributed by atoms with Crippen molar-refractivity contribution in [3.05, 3.63) is 57.5 Å². The molecule has 0 bridgehead atoms. The minimum absolute atomic E-state index is 0.114. The third-order valence-corrected chi connectivity index (χ3v) is 4.91. The first kappa shape index (κ1) is 16.0. The van der Waals surface area contributed by atoms with E-state index in [2.05, 4.69) is 10.6 Å². The van der Waals surface area contributed by atoms with E-state index in [-0.39, 0.29) is 24.4 Å². The molecule has 2 atom stereocenters. The monoisotopic (exact) mass is 334 g/mol. The molecule has 1 heterocycles. The van der Waals surface area contributed by atoms with Gasteiger partial charge in [0.25, 0.3) is 0 Å². The Hall–Kier alpha value is -1.92. The number of amides is 2. The lowest BCUT2D eigenvalue weighted by molar-refractivity contribution is 0.0597. The van der Waals surface area contributed by atoms with Crippen LogP contribution < -0.4 is 10.6 Å². The van der Waals surface area contributed by atoms with Gasteiger partial charge in [-0.1, -0.05) is 6.07 Å². The first-order valence-corrected chi connectivity index (χ1v) is 8.48. The van der Waals surface area contributed by atoms with E-state index in [0.29, 0.717) is 0 Å². The fourth-order valence-corrected chi connectivity index (χ4v) is 3.65. The van der Waals surface area contributed by atoms with E-state index in [0.717, 1.165) is 29.5 Å². The zero-order valence-electron chi connectivity index (χ0n) is 12.8. The first-order valence-electron chi connectivity index (χ1n) is 7.53. The average Bonchev–Trinajstić information content (AvgIpc) is 3.16. The molecular weight excluding hydrogens is 315 g/mol. The number of hydrogen-bond acceptors (Lipinski definition) is 3. The second-order valence-corrected chi connectivity index (χ2v) is 6.83. The zero-order valence-corrected chi connectivity index (χ0v) is 13.6. The lowest BCUT2D eigenvalue weighted by Gasteiger charge is -2.23. The van der Waals surface area contributed by atoms with E-state index in [1.165, 1.54) is 23.5 Å². The van der Waals surface area contributed by atoms with Gasteiger partial charge in [-0.3, -0.25) is 0 Å². The minimum Gasteiger partial charge on any atom is -0.384 e. The fraction of sp³-hybridized carbons (Fsp3) is 0.353. The molecule has 0 saturated carbocycles. The molecule has 0 fully saturated rings. The molecule has 1 aliphatic carbocycles. The number of thiophene rings is 1. The van der Waals surface area contributed by atoms with Crippen LogP contribution in [-0.2, 0) is 12.0 Å². The van der Waals surface area contributed by atoms with Crippen LogP contribution >= 0.6 is 11.3 Å². The van der Waals surface area contributed by atoms with Crippen LogP contribution in [0.15, 0.2) is 35.0 Å². The van der Waals surface area contributed by atoms with Crippen molar-refractivity contribution in [3.63, 3.8) is 0 Å². The van der Waals surface area contributed by atoms with Crippen molar-refractivity contribution >= 4 is 17.4 Å². The summed E-state index contributed by atoms with van der Waals surface area (Å²) in [6.45, 7) is 1.79. The number of urea groups is 1. The molecule has 1 aliphatic rings. The third kappa shape index (κ3) is 3.54. The van der Waals surface area contributed by atoms with Gasteiger partial charge in [0.2, 0.25) is 0 Å². The number of halogens is 1. The summed E-state index contributed by atoms with van der Waals surface area (Å²) in [6.07, 6.45) is 1.51. The predicted molar refractivity (Wildman–Crippen MR) is 87.9 cm³/mol. The van der Waals surface area contributed by atoms with Crippen molar-refractivity contribution in [3.8, 4) is 0 Å². The van der Waals surface area contributed by atoms with E-state index >= 15 is 0 Å². The molecule has 0 spiro atoms. The molecule has 2 aromatic rings. The quantitative estimate of drug-likeness (QED) is 0.805. The van der Waals surface area contributed by atoms with Crippen molar-refractivity contribution in [2.75, 3.05) is 6.54 Å². The topological polar surface area (TPSA) is 61.4 Å². The van der Waals surface area contributed by atoms with Gasteiger partial charge < -0.3 is 15.7 Å². The molecule has 0 saturated heterocycles. The number of carbonyl (C=O) groups excluding carboxylic acids is 1. The van der Waals surface area contributed by atoms with Crippen molar-refractivity contribution in [1.82, 2.24) is 10.6 Å². The molecule has 3 N–H and O–H groups in total. The molecule has 4 nitrogen and oxygen atoms in total. The van der Waals surface area contributed by atoms with Crippen LogP contribution in [0.1, 0.15) is 36.1 Å². The van der Waals surface area contributed by atoms with E-state index in [4.69, 9.17) is 0 Å². The third-order valence-electron chi connectivity index (χ3n) is 4.22. The summed E-state index contributed by atoms with van der Waals surface area (Å²) in [7, 11) is 0. The van der Waals surface area contributed by atoms with E-state index in [1.807, 2.05) is 16.8 Å². The summed E-state index contributed by atoms with van der Waals surface area (Å²) in [5, 5.41) is 19.7. The van der Waals surface area contributed by atoms with Crippen LogP contribution in [0.25, 0.3) is 0 Å².